The molecule has 5 heteroatoms. The molecule has 1 aliphatic heterocycles. The Morgan fingerprint density at radius 1 is 1.25 bits per heavy atom. The summed E-state index contributed by atoms with van der Waals surface area (Å²) < 4.78 is 0. The third-order valence-corrected chi connectivity index (χ3v) is 4.10. The minimum Gasteiger partial charge on any atom is -0.355 e. The largest absolute Gasteiger partial charge is 0.355 e. The van der Waals surface area contributed by atoms with Gasteiger partial charge in [0.25, 0.3) is 0 Å². The first-order valence-electron chi connectivity index (χ1n) is 7.31. The maximum absolute atomic E-state index is 12.1. The van der Waals surface area contributed by atoms with Crippen LogP contribution < -0.4 is 10.2 Å². The van der Waals surface area contributed by atoms with E-state index in [2.05, 4.69) is 32.6 Å². The van der Waals surface area contributed by atoms with Crippen LogP contribution in [0.4, 0.5) is 5.82 Å². The second-order valence-electron chi connectivity index (χ2n) is 5.49. The Balaban J connectivity index is 1.48. The van der Waals surface area contributed by atoms with Gasteiger partial charge in [0, 0.05) is 31.2 Å². The zero-order chi connectivity index (χ0) is 13.8. The van der Waals surface area contributed by atoms with E-state index >= 15 is 0 Å². The molecule has 1 saturated heterocycles. The molecule has 2 aliphatic rings. The summed E-state index contributed by atoms with van der Waals surface area (Å²) in [7, 11) is 0. The van der Waals surface area contributed by atoms with Gasteiger partial charge in [-0.2, -0.15) is 5.10 Å². The normalized spacial score (nSPS) is 20.3. The molecule has 0 saturated carbocycles. The number of aromatic nitrogens is 2. The summed E-state index contributed by atoms with van der Waals surface area (Å²) in [6, 6.07) is 4.19. The van der Waals surface area contributed by atoms with Gasteiger partial charge in [0.05, 0.1) is 0 Å². The molecular weight excluding hydrogens is 252 g/mol. The maximum atomic E-state index is 12.1. The Labute approximate surface area is 119 Å². The van der Waals surface area contributed by atoms with Crippen LogP contribution in [0.5, 0.6) is 0 Å². The van der Waals surface area contributed by atoms with E-state index in [0.29, 0.717) is 6.04 Å². The number of nitrogens with zero attached hydrogens (tertiary/aromatic N) is 3. The van der Waals surface area contributed by atoms with Gasteiger partial charge in [-0.25, -0.2) is 0 Å². The van der Waals surface area contributed by atoms with Gasteiger partial charge in [-0.05, 0) is 37.8 Å². The van der Waals surface area contributed by atoms with Crippen molar-refractivity contribution in [1.82, 2.24) is 15.5 Å². The summed E-state index contributed by atoms with van der Waals surface area (Å²) in [6.07, 6.45) is 9.62. The molecule has 0 radical (unpaired) electrons. The molecule has 20 heavy (non-hydrogen) atoms. The smallest absolute Gasteiger partial charge is 0.223 e. The number of nitrogens with one attached hydrogen (secondary N) is 1. The van der Waals surface area contributed by atoms with E-state index in [1.54, 1.807) is 6.20 Å². The molecule has 1 fully saturated rings. The van der Waals surface area contributed by atoms with Crippen molar-refractivity contribution in [2.75, 3.05) is 18.0 Å². The summed E-state index contributed by atoms with van der Waals surface area (Å²) in [5.74, 6) is 1.30. The lowest BCUT2D eigenvalue weighted by Gasteiger charge is -2.33. The summed E-state index contributed by atoms with van der Waals surface area (Å²) in [5, 5.41) is 11.2. The SMILES string of the molecule is O=C(NC1CCN(c2cccnn2)CC1)C1CC=CC1. The Kier molecular flexibility index (Phi) is 3.95. The van der Waals surface area contributed by atoms with Crippen molar-refractivity contribution in [1.29, 1.82) is 0 Å². The lowest BCUT2D eigenvalue weighted by atomic mass is 10.0. The highest BCUT2D eigenvalue weighted by molar-refractivity contribution is 5.79. The Bertz CT molecular complexity index is 472. The summed E-state index contributed by atoms with van der Waals surface area (Å²) in [4.78, 5) is 14.3. The number of amides is 1. The van der Waals surface area contributed by atoms with Gasteiger partial charge < -0.3 is 10.2 Å². The highest BCUT2D eigenvalue weighted by atomic mass is 16.1. The minimum atomic E-state index is 0.160. The van der Waals surface area contributed by atoms with Crippen LogP contribution in [0, 0.1) is 5.92 Å². The fourth-order valence-electron chi connectivity index (χ4n) is 2.87. The minimum absolute atomic E-state index is 0.160. The Morgan fingerprint density at radius 2 is 2.00 bits per heavy atom. The molecule has 0 bridgehead atoms. The number of carbonyl (C=O) groups excluding carboxylic acids is 1. The van der Waals surface area contributed by atoms with Gasteiger partial charge in [-0.1, -0.05) is 12.2 Å². The zero-order valence-electron chi connectivity index (χ0n) is 11.5. The van der Waals surface area contributed by atoms with Crippen molar-refractivity contribution in [2.45, 2.75) is 31.7 Å². The molecule has 3 rings (SSSR count). The number of hydrogen-bond donors (Lipinski definition) is 1. The highest BCUT2D eigenvalue weighted by Crippen LogP contribution is 2.20. The average molecular weight is 272 g/mol. The number of allylic oxidation sites excluding steroid dienone is 2. The molecular formula is C15H20N4O. The zero-order valence-corrected chi connectivity index (χ0v) is 11.5. The third-order valence-electron chi connectivity index (χ3n) is 4.10. The molecule has 1 aliphatic carbocycles. The van der Waals surface area contributed by atoms with Crippen molar-refractivity contribution in [2.24, 2.45) is 5.92 Å². The molecule has 1 aromatic rings. The lowest BCUT2D eigenvalue weighted by Crippen LogP contribution is -2.46. The van der Waals surface area contributed by atoms with Crippen molar-refractivity contribution >= 4 is 11.7 Å². The molecule has 0 unspecified atom stereocenters. The van der Waals surface area contributed by atoms with Crippen LogP contribution in [-0.4, -0.2) is 35.2 Å². The third kappa shape index (κ3) is 2.98. The molecule has 0 aromatic carbocycles. The number of piperidine rings is 1. The molecule has 0 spiro atoms. The second-order valence-corrected chi connectivity index (χ2v) is 5.49. The van der Waals surface area contributed by atoms with Gasteiger partial charge in [0.15, 0.2) is 5.82 Å². The van der Waals surface area contributed by atoms with Crippen LogP contribution in [0.15, 0.2) is 30.5 Å². The summed E-state index contributed by atoms with van der Waals surface area (Å²) >= 11 is 0. The maximum Gasteiger partial charge on any atom is 0.223 e. The molecule has 1 aromatic heterocycles. The van der Waals surface area contributed by atoms with Crippen LogP contribution in [0.1, 0.15) is 25.7 Å². The molecule has 2 heterocycles. The van der Waals surface area contributed by atoms with Gasteiger partial charge in [-0.15, -0.1) is 5.10 Å². The summed E-state index contributed by atoms with van der Waals surface area (Å²) in [5.41, 5.74) is 0. The van der Waals surface area contributed by atoms with Gasteiger partial charge in [0.2, 0.25) is 5.91 Å². The van der Waals surface area contributed by atoms with Crippen LogP contribution in [0.3, 0.4) is 0 Å². The summed E-state index contributed by atoms with van der Waals surface area (Å²) in [6.45, 7) is 1.85. The quantitative estimate of drug-likeness (QED) is 0.848. The van der Waals surface area contributed by atoms with Gasteiger partial charge in [0.1, 0.15) is 0 Å². The van der Waals surface area contributed by atoms with Gasteiger partial charge in [-0.3, -0.25) is 4.79 Å². The lowest BCUT2D eigenvalue weighted by molar-refractivity contribution is -0.125. The number of hydrogen-bond acceptors (Lipinski definition) is 4. The fraction of sp³-hybridized carbons (Fsp3) is 0.533. The van der Waals surface area contributed by atoms with Crippen LogP contribution >= 0.6 is 0 Å². The first-order chi connectivity index (χ1) is 9.83. The monoisotopic (exact) mass is 272 g/mol. The van der Waals surface area contributed by atoms with E-state index in [1.807, 2.05) is 12.1 Å². The first kappa shape index (κ1) is 13.1. The van der Waals surface area contributed by atoms with E-state index < -0.39 is 0 Å². The standard InChI is InChI=1S/C15H20N4O/c20-15(12-4-1-2-5-12)17-13-7-10-19(11-8-13)14-6-3-9-16-18-14/h1-3,6,9,12-13H,4-5,7-8,10-11H2,(H,17,20). The molecule has 1 N–H and O–H groups in total. The van der Waals surface area contributed by atoms with Crippen molar-refractivity contribution < 1.29 is 4.79 Å². The van der Waals surface area contributed by atoms with Crippen molar-refractivity contribution in [3.05, 3.63) is 30.5 Å². The first-order valence-corrected chi connectivity index (χ1v) is 7.31. The van der Waals surface area contributed by atoms with Crippen LogP contribution in [-0.2, 0) is 4.79 Å². The highest BCUT2D eigenvalue weighted by Gasteiger charge is 2.25. The predicted molar refractivity (Wildman–Crippen MR) is 77.3 cm³/mol. The van der Waals surface area contributed by atoms with Crippen LogP contribution in [0.2, 0.25) is 0 Å². The van der Waals surface area contributed by atoms with E-state index in [-0.39, 0.29) is 11.8 Å². The number of rotatable bonds is 3. The molecule has 5 nitrogen and oxygen atoms in total. The number of carbonyl (C=O) groups is 1. The Hall–Kier alpha value is -1.91. The second kappa shape index (κ2) is 6.03. The molecule has 106 valence electrons. The number of anilines is 1. The fourth-order valence-corrected chi connectivity index (χ4v) is 2.87. The molecule has 1 amide bonds. The van der Waals surface area contributed by atoms with E-state index in [4.69, 9.17) is 0 Å². The van der Waals surface area contributed by atoms with E-state index in [1.165, 1.54) is 0 Å². The van der Waals surface area contributed by atoms with E-state index in [0.717, 1.165) is 44.6 Å². The van der Waals surface area contributed by atoms with Gasteiger partial charge >= 0.3 is 0 Å². The topological polar surface area (TPSA) is 58.1 Å². The van der Waals surface area contributed by atoms with Crippen LogP contribution in [0.25, 0.3) is 0 Å². The van der Waals surface area contributed by atoms with E-state index in [9.17, 15) is 4.79 Å². The average Bonchev–Trinajstić information content (AvgIpc) is 3.03. The molecule has 0 atom stereocenters. The predicted octanol–water partition coefficient (Wildman–Crippen LogP) is 1.53. The van der Waals surface area contributed by atoms with Crippen molar-refractivity contribution in [3.63, 3.8) is 0 Å². The Morgan fingerprint density at radius 3 is 2.65 bits per heavy atom. The van der Waals surface area contributed by atoms with Crippen molar-refractivity contribution in [3.8, 4) is 0 Å².